The molecular formula is C15H19BrN4. The topological polar surface area (TPSA) is 45.4 Å². The van der Waals surface area contributed by atoms with Crippen LogP contribution in [0.25, 0.3) is 10.9 Å². The molecule has 0 spiro atoms. The van der Waals surface area contributed by atoms with E-state index < -0.39 is 0 Å². The minimum atomic E-state index is 0.478. The van der Waals surface area contributed by atoms with E-state index in [0.29, 0.717) is 6.04 Å². The number of hydrogen-bond acceptors (Lipinski definition) is 4. The standard InChI is InChI=1S/C15H19BrN4/c1-10-9-19(2)5-6-20(10)14-4-3-13(17)12-7-11(16)8-18-15(12)14/h3-4,7-8,10H,5-6,9,17H2,1-2H3. The van der Waals surface area contributed by atoms with Crippen LogP contribution in [0.4, 0.5) is 11.4 Å². The second-order valence-corrected chi connectivity index (χ2v) is 6.44. The van der Waals surface area contributed by atoms with E-state index in [1.165, 1.54) is 5.69 Å². The normalized spacial score (nSPS) is 20.6. The number of piperazine rings is 1. The molecule has 20 heavy (non-hydrogen) atoms. The average molecular weight is 335 g/mol. The number of pyridine rings is 1. The maximum Gasteiger partial charge on any atom is 0.0956 e. The number of benzene rings is 1. The molecule has 1 unspecified atom stereocenters. The van der Waals surface area contributed by atoms with Crippen molar-refractivity contribution in [1.82, 2.24) is 9.88 Å². The van der Waals surface area contributed by atoms with Gasteiger partial charge >= 0.3 is 0 Å². The molecule has 1 aromatic carbocycles. The third-order valence-corrected chi connectivity index (χ3v) is 4.40. The summed E-state index contributed by atoms with van der Waals surface area (Å²) in [7, 11) is 2.17. The van der Waals surface area contributed by atoms with Crippen LogP contribution >= 0.6 is 15.9 Å². The molecule has 0 bridgehead atoms. The fraction of sp³-hybridized carbons (Fsp3) is 0.400. The quantitative estimate of drug-likeness (QED) is 0.814. The number of likely N-dealkylation sites (N-methyl/N-ethyl adjacent to an activating group) is 1. The summed E-state index contributed by atoms with van der Waals surface area (Å²) >= 11 is 3.47. The first-order valence-electron chi connectivity index (χ1n) is 6.85. The van der Waals surface area contributed by atoms with E-state index in [2.05, 4.69) is 50.8 Å². The van der Waals surface area contributed by atoms with Gasteiger partial charge in [0.2, 0.25) is 0 Å². The van der Waals surface area contributed by atoms with Gasteiger partial charge in [-0.05, 0) is 48.1 Å². The van der Waals surface area contributed by atoms with Gasteiger partial charge < -0.3 is 15.5 Å². The Hall–Kier alpha value is -1.33. The molecule has 106 valence electrons. The van der Waals surface area contributed by atoms with Gasteiger partial charge in [-0.2, -0.15) is 0 Å². The first-order chi connectivity index (χ1) is 9.56. The van der Waals surface area contributed by atoms with Crippen LogP contribution in [-0.2, 0) is 0 Å². The molecule has 2 N–H and O–H groups in total. The van der Waals surface area contributed by atoms with Crippen LogP contribution in [0.1, 0.15) is 6.92 Å². The smallest absolute Gasteiger partial charge is 0.0956 e. The monoisotopic (exact) mass is 334 g/mol. The second-order valence-electron chi connectivity index (χ2n) is 5.53. The number of aromatic nitrogens is 1. The minimum absolute atomic E-state index is 0.478. The molecular weight excluding hydrogens is 316 g/mol. The molecule has 4 nitrogen and oxygen atoms in total. The molecule has 1 aliphatic heterocycles. The van der Waals surface area contributed by atoms with Gasteiger partial charge in [0.25, 0.3) is 0 Å². The van der Waals surface area contributed by atoms with Crippen molar-refractivity contribution < 1.29 is 0 Å². The van der Waals surface area contributed by atoms with E-state index in [1.807, 2.05) is 18.3 Å². The van der Waals surface area contributed by atoms with E-state index in [-0.39, 0.29) is 0 Å². The van der Waals surface area contributed by atoms with Crippen molar-refractivity contribution in [2.24, 2.45) is 0 Å². The summed E-state index contributed by atoms with van der Waals surface area (Å²) in [4.78, 5) is 9.39. The fourth-order valence-electron chi connectivity index (χ4n) is 2.93. The Morgan fingerprint density at radius 3 is 2.90 bits per heavy atom. The number of anilines is 2. The lowest BCUT2D eigenvalue weighted by molar-refractivity contribution is 0.276. The van der Waals surface area contributed by atoms with Gasteiger partial charge in [-0.25, -0.2) is 0 Å². The van der Waals surface area contributed by atoms with Gasteiger partial charge in [0.1, 0.15) is 0 Å². The zero-order chi connectivity index (χ0) is 14.3. The summed E-state index contributed by atoms with van der Waals surface area (Å²) < 4.78 is 0.959. The number of fused-ring (bicyclic) bond motifs is 1. The highest BCUT2D eigenvalue weighted by molar-refractivity contribution is 9.10. The van der Waals surface area contributed by atoms with Crippen LogP contribution in [0, 0.1) is 0 Å². The Bertz CT molecular complexity index is 643. The van der Waals surface area contributed by atoms with Crippen LogP contribution in [-0.4, -0.2) is 42.6 Å². The number of nitrogens with two attached hydrogens (primary N) is 1. The van der Waals surface area contributed by atoms with Crippen molar-refractivity contribution in [2.75, 3.05) is 37.3 Å². The molecule has 2 heterocycles. The Morgan fingerprint density at radius 2 is 2.15 bits per heavy atom. The molecule has 0 aliphatic carbocycles. The van der Waals surface area contributed by atoms with Gasteiger partial charge in [0, 0.05) is 47.4 Å². The first-order valence-corrected chi connectivity index (χ1v) is 7.64. The summed E-state index contributed by atoms with van der Waals surface area (Å²) in [5.41, 5.74) is 9.04. The maximum absolute atomic E-state index is 6.09. The molecule has 5 heteroatoms. The van der Waals surface area contributed by atoms with Crippen LogP contribution in [0.3, 0.4) is 0 Å². The lowest BCUT2D eigenvalue weighted by Crippen LogP contribution is -2.50. The van der Waals surface area contributed by atoms with Crippen molar-refractivity contribution in [3.8, 4) is 0 Å². The average Bonchev–Trinajstić information content (AvgIpc) is 2.41. The molecule has 0 radical (unpaired) electrons. The number of hydrogen-bond donors (Lipinski definition) is 1. The van der Waals surface area contributed by atoms with Gasteiger partial charge in [0.05, 0.1) is 11.2 Å². The summed E-state index contributed by atoms with van der Waals surface area (Å²) in [6.07, 6.45) is 1.84. The lowest BCUT2D eigenvalue weighted by Gasteiger charge is -2.40. The Labute approximate surface area is 127 Å². The number of nitrogen functional groups attached to an aromatic ring is 1. The zero-order valence-corrected chi connectivity index (χ0v) is 13.4. The van der Waals surface area contributed by atoms with Crippen LogP contribution in [0.5, 0.6) is 0 Å². The first kappa shape index (κ1) is 13.6. The van der Waals surface area contributed by atoms with Crippen LogP contribution in [0.15, 0.2) is 28.9 Å². The molecule has 1 atom stereocenters. The molecule has 2 aromatic rings. The summed E-state index contributed by atoms with van der Waals surface area (Å²) in [5.74, 6) is 0. The number of nitrogens with zero attached hydrogens (tertiary/aromatic N) is 3. The van der Waals surface area contributed by atoms with Crippen molar-refractivity contribution in [3.63, 3.8) is 0 Å². The third kappa shape index (κ3) is 2.36. The van der Waals surface area contributed by atoms with E-state index in [0.717, 1.165) is 40.7 Å². The fourth-order valence-corrected chi connectivity index (χ4v) is 3.26. The minimum Gasteiger partial charge on any atom is -0.398 e. The molecule has 1 aromatic heterocycles. The highest BCUT2D eigenvalue weighted by Gasteiger charge is 2.23. The highest BCUT2D eigenvalue weighted by Crippen LogP contribution is 2.32. The van der Waals surface area contributed by atoms with Crippen molar-refractivity contribution in [1.29, 1.82) is 0 Å². The predicted octanol–water partition coefficient (Wildman–Crippen LogP) is 2.72. The van der Waals surface area contributed by atoms with E-state index >= 15 is 0 Å². The van der Waals surface area contributed by atoms with Gasteiger partial charge in [-0.1, -0.05) is 0 Å². The van der Waals surface area contributed by atoms with Crippen molar-refractivity contribution in [2.45, 2.75) is 13.0 Å². The number of rotatable bonds is 1. The summed E-state index contributed by atoms with van der Waals surface area (Å²) in [6.45, 7) is 5.43. The molecule has 1 saturated heterocycles. The second kappa shape index (κ2) is 5.22. The summed E-state index contributed by atoms with van der Waals surface area (Å²) in [5, 5.41) is 1.02. The molecule has 0 saturated carbocycles. The lowest BCUT2D eigenvalue weighted by atomic mass is 10.1. The predicted molar refractivity (Wildman–Crippen MR) is 88.2 cm³/mol. The van der Waals surface area contributed by atoms with E-state index in [1.54, 1.807) is 0 Å². The number of halogens is 1. The van der Waals surface area contributed by atoms with Gasteiger partial charge in [-0.15, -0.1) is 0 Å². The Kier molecular flexibility index (Phi) is 3.56. The van der Waals surface area contributed by atoms with E-state index in [9.17, 15) is 0 Å². The zero-order valence-electron chi connectivity index (χ0n) is 11.8. The van der Waals surface area contributed by atoms with Crippen LogP contribution in [0.2, 0.25) is 0 Å². The molecule has 3 rings (SSSR count). The Balaban J connectivity index is 2.10. The molecule has 1 fully saturated rings. The maximum atomic E-state index is 6.09. The highest BCUT2D eigenvalue weighted by atomic mass is 79.9. The molecule has 1 aliphatic rings. The van der Waals surface area contributed by atoms with Crippen LogP contribution < -0.4 is 10.6 Å². The van der Waals surface area contributed by atoms with Gasteiger partial charge in [-0.3, -0.25) is 4.98 Å². The third-order valence-electron chi connectivity index (χ3n) is 3.97. The SMILES string of the molecule is CC1CN(C)CCN1c1ccc(N)c2cc(Br)cnc12. The van der Waals surface area contributed by atoms with Gasteiger partial charge in [0.15, 0.2) is 0 Å². The van der Waals surface area contributed by atoms with Crippen molar-refractivity contribution >= 4 is 38.2 Å². The van der Waals surface area contributed by atoms with Crippen molar-refractivity contribution in [3.05, 3.63) is 28.9 Å². The molecule has 0 amide bonds. The summed E-state index contributed by atoms with van der Waals surface area (Å²) in [6, 6.07) is 6.60. The largest absolute Gasteiger partial charge is 0.398 e. The Morgan fingerprint density at radius 1 is 1.35 bits per heavy atom. The van der Waals surface area contributed by atoms with E-state index in [4.69, 9.17) is 5.73 Å².